The minimum absolute atomic E-state index is 0.346. The van der Waals surface area contributed by atoms with Gasteiger partial charge in [-0.05, 0) is 45.0 Å². The molecule has 1 unspecified atom stereocenters. The monoisotopic (exact) mass is 302 g/mol. The van der Waals surface area contributed by atoms with Crippen LogP contribution in [-0.4, -0.2) is 53.4 Å². The summed E-state index contributed by atoms with van der Waals surface area (Å²) < 4.78 is 0. The van der Waals surface area contributed by atoms with Gasteiger partial charge in [-0.1, -0.05) is 11.3 Å². The number of likely N-dealkylation sites (tertiary alicyclic amines) is 1. The first-order valence-corrected chi connectivity index (χ1v) is 8.21. The van der Waals surface area contributed by atoms with E-state index in [1.54, 1.807) is 0 Å². The predicted octanol–water partition coefficient (Wildman–Crippen LogP) is 2.18. The highest BCUT2D eigenvalue weighted by Gasteiger charge is 2.44. The van der Waals surface area contributed by atoms with Crippen molar-refractivity contribution < 1.29 is 4.79 Å². The standard InChI is InChI=1S/C15H18N4OS/c1-18-7-2-5-15(18)6-8-19(10-15)12-4-3-11-14(17-12)21-13(9-20)16-11/h3-4,9H,2,5-8,10H2,1H3. The maximum atomic E-state index is 10.8. The molecule has 6 heteroatoms. The first-order valence-electron chi connectivity index (χ1n) is 7.39. The molecule has 4 heterocycles. The molecule has 0 bridgehead atoms. The summed E-state index contributed by atoms with van der Waals surface area (Å²) in [6.07, 6.45) is 4.60. The van der Waals surface area contributed by atoms with E-state index in [9.17, 15) is 4.79 Å². The van der Waals surface area contributed by atoms with Crippen LogP contribution in [0.3, 0.4) is 0 Å². The fourth-order valence-electron chi connectivity index (χ4n) is 3.69. The number of thiazole rings is 1. The van der Waals surface area contributed by atoms with Crippen LogP contribution in [0.1, 0.15) is 29.1 Å². The zero-order valence-electron chi connectivity index (χ0n) is 12.1. The van der Waals surface area contributed by atoms with Crippen LogP contribution in [0, 0.1) is 0 Å². The Hall–Kier alpha value is -1.53. The molecule has 2 aliphatic rings. The van der Waals surface area contributed by atoms with Gasteiger partial charge in [-0.25, -0.2) is 9.97 Å². The number of rotatable bonds is 2. The molecule has 2 saturated heterocycles. The first-order chi connectivity index (χ1) is 10.2. The van der Waals surface area contributed by atoms with Gasteiger partial charge in [-0.15, -0.1) is 0 Å². The fourth-order valence-corrected chi connectivity index (χ4v) is 4.44. The van der Waals surface area contributed by atoms with Crippen LogP contribution in [0.15, 0.2) is 12.1 Å². The Morgan fingerprint density at radius 1 is 1.29 bits per heavy atom. The second kappa shape index (κ2) is 4.74. The second-order valence-corrected chi connectivity index (χ2v) is 7.09. The lowest BCUT2D eigenvalue weighted by Gasteiger charge is -2.32. The van der Waals surface area contributed by atoms with E-state index in [-0.39, 0.29) is 0 Å². The normalized spacial score (nSPS) is 26.2. The highest BCUT2D eigenvalue weighted by Crippen LogP contribution is 2.38. The van der Waals surface area contributed by atoms with Gasteiger partial charge in [-0.2, -0.15) is 0 Å². The smallest absolute Gasteiger partial charge is 0.178 e. The van der Waals surface area contributed by atoms with Crippen LogP contribution in [0.2, 0.25) is 0 Å². The molecule has 2 aromatic heterocycles. The summed E-state index contributed by atoms with van der Waals surface area (Å²) in [6.45, 7) is 3.32. The SMILES string of the molecule is CN1CCCC12CCN(c1ccc3nc(C=O)sc3n1)C2. The van der Waals surface area contributed by atoms with Crippen LogP contribution in [0.5, 0.6) is 0 Å². The molecule has 0 saturated carbocycles. The van der Waals surface area contributed by atoms with Crippen molar-refractivity contribution in [3.05, 3.63) is 17.1 Å². The highest BCUT2D eigenvalue weighted by atomic mass is 32.1. The van der Waals surface area contributed by atoms with E-state index in [1.807, 2.05) is 12.1 Å². The lowest BCUT2D eigenvalue weighted by Crippen LogP contribution is -2.43. The zero-order chi connectivity index (χ0) is 14.4. The molecule has 2 aromatic rings. The van der Waals surface area contributed by atoms with Crippen molar-refractivity contribution in [3.8, 4) is 0 Å². The van der Waals surface area contributed by atoms with Gasteiger partial charge in [0.25, 0.3) is 0 Å². The fraction of sp³-hybridized carbons (Fsp3) is 0.533. The first kappa shape index (κ1) is 13.2. The largest absolute Gasteiger partial charge is 0.355 e. The number of fused-ring (bicyclic) bond motifs is 1. The highest BCUT2D eigenvalue weighted by molar-refractivity contribution is 7.19. The molecule has 2 fully saturated rings. The molecular weight excluding hydrogens is 284 g/mol. The molecule has 0 aromatic carbocycles. The quantitative estimate of drug-likeness (QED) is 0.796. The summed E-state index contributed by atoms with van der Waals surface area (Å²) in [5.74, 6) is 1.01. The van der Waals surface area contributed by atoms with Gasteiger partial charge in [-0.3, -0.25) is 9.69 Å². The third-order valence-electron chi connectivity index (χ3n) is 4.96. The maximum absolute atomic E-state index is 10.8. The van der Waals surface area contributed by atoms with Gasteiger partial charge in [0.2, 0.25) is 0 Å². The summed E-state index contributed by atoms with van der Waals surface area (Å²) in [6, 6.07) is 4.01. The molecule has 0 radical (unpaired) electrons. The number of hydrogen-bond donors (Lipinski definition) is 0. The summed E-state index contributed by atoms with van der Waals surface area (Å²) in [5, 5.41) is 0.503. The van der Waals surface area contributed by atoms with Gasteiger partial charge >= 0.3 is 0 Å². The average Bonchev–Trinajstić information content (AvgIpc) is 3.19. The van der Waals surface area contributed by atoms with Crippen LogP contribution in [0.25, 0.3) is 10.3 Å². The van der Waals surface area contributed by atoms with E-state index in [2.05, 4.69) is 21.8 Å². The van der Waals surface area contributed by atoms with Gasteiger partial charge < -0.3 is 4.90 Å². The Balaban J connectivity index is 1.63. The third-order valence-corrected chi connectivity index (χ3v) is 5.85. The van der Waals surface area contributed by atoms with Gasteiger partial charge in [0.05, 0.1) is 0 Å². The molecule has 110 valence electrons. The number of carbonyl (C=O) groups is 1. The Morgan fingerprint density at radius 3 is 2.95 bits per heavy atom. The molecule has 1 atom stereocenters. The maximum Gasteiger partial charge on any atom is 0.178 e. The number of hydrogen-bond acceptors (Lipinski definition) is 6. The molecule has 21 heavy (non-hydrogen) atoms. The zero-order valence-corrected chi connectivity index (χ0v) is 12.9. The second-order valence-electron chi connectivity index (χ2n) is 6.08. The summed E-state index contributed by atoms with van der Waals surface area (Å²) >= 11 is 1.37. The van der Waals surface area contributed by atoms with E-state index >= 15 is 0 Å². The lowest BCUT2D eigenvalue weighted by atomic mass is 9.96. The van der Waals surface area contributed by atoms with E-state index in [0.29, 0.717) is 10.5 Å². The molecular formula is C15H18N4OS. The lowest BCUT2D eigenvalue weighted by molar-refractivity contribution is 0.112. The Morgan fingerprint density at radius 2 is 2.19 bits per heavy atom. The van der Waals surface area contributed by atoms with Crippen molar-refractivity contribution in [3.63, 3.8) is 0 Å². The van der Waals surface area contributed by atoms with Crippen molar-refractivity contribution in [1.82, 2.24) is 14.9 Å². The number of carbonyl (C=O) groups excluding carboxylic acids is 1. The molecule has 1 spiro atoms. The van der Waals surface area contributed by atoms with Crippen molar-refractivity contribution in [1.29, 1.82) is 0 Å². The van der Waals surface area contributed by atoms with Crippen molar-refractivity contribution in [2.24, 2.45) is 0 Å². The summed E-state index contributed by atoms with van der Waals surface area (Å²) in [4.78, 5) is 25.5. The molecule has 0 amide bonds. The van der Waals surface area contributed by atoms with Crippen molar-refractivity contribution in [2.45, 2.75) is 24.8 Å². The number of aromatic nitrogens is 2. The average molecular weight is 302 g/mol. The number of pyridine rings is 1. The van der Waals surface area contributed by atoms with E-state index in [1.165, 1.54) is 37.1 Å². The van der Waals surface area contributed by atoms with Crippen molar-refractivity contribution >= 4 is 33.8 Å². The minimum Gasteiger partial charge on any atom is -0.355 e. The Labute approximate surface area is 127 Å². The topological polar surface area (TPSA) is 49.3 Å². The van der Waals surface area contributed by atoms with Crippen LogP contribution in [0.4, 0.5) is 5.82 Å². The van der Waals surface area contributed by atoms with E-state index in [4.69, 9.17) is 4.98 Å². The number of nitrogens with zero attached hydrogens (tertiary/aromatic N) is 4. The van der Waals surface area contributed by atoms with E-state index in [0.717, 1.165) is 35.5 Å². The van der Waals surface area contributed by atoms with Crippen LogP contribution >= 0.6 is 11.3 Å². The number of aldehydes is 1. The third kappa shape index (κ3) is 2.05. The van der Waals surface area contributed by atoms with Crippen LogP contribution in [-0.2, 0) is 0 Å². The Bertz CT molecular complexity index is 700. The van der Waals surface area contributed by atoms with Crippen LogP contribution < -0.4 is 4.90 Å². The summed E-state index contributed by atoms with van der Waals surface area (Å²) in [5.41, 5.74) is 1.16. The van der Waals surface area contributed by atoms with Gasteiger partial charge in [0.15, 0.2) is 11.3 Å². The van der Waals surface area contributed by atoms with Crippen molar-refractivity contribution in [2.75, 3.05) is 31.6 Å². The predicted molar refractivity (Wildman–Crippen MR) is 84.2 cm³/mol. The molecule has 0 N–H and O–H groups in total. The molecule has 0 aliphatic carbocycles. The van der Waals surface area contributed by atoms with Gasteiger partial charge in [0, 0.05) is 18.6 Å². The summed E-state index contributed by atoms with van der Waals surface area (Å²) in [7, 11) is 2.24. The number of anilines is 1. The molecule has 2 aliphatic heterocycles. The van der Waals surface area contributed by atoms with Gasteiger partial charge in [0.1, 0.15) is 16.2 Å². The molecule has 5 nitrogen and oxygen atoms in total. The molecule has 4 rings (SSSR count). The number of likely N-dealkylation sites (N-methyl/N-ethyl adjacent to an activating group) is 1. The minimum atomic E-state index is 0.346. The van der Waals surface area contributed by atoms with E-state index < -0.39 is 0 Å². The Kier molecular flexibility index (Phi) is 2.97.